The predicted octanol–water partition coefficient (Wildman–Crippen LogP) is 3.50. The summed E-state index contributed by atoms with van der Waals surface area (Å²) in [5.41, 5.74) is 4.28. The molecule has 1 aromatic heterocycles. The molecule has 0 unspecified atom stereocenters. The zero-order chi connectivity index (χ0) is 17.9. The normalized spacial score (nSPS) is 15.3. The van der Waals surface area contributed by atoms with E-state index in [9.17, 15) is 4.79 Å². The van der Waals surface area contributed by atoms with Gasteiger partial charge in [0.2, 0.25) is 0 Å². The zero-order valence-electron chi connectivity index (χ0n) is 15.1. The van der Waals surface area contributed by atoms with Crippen LogP contribution in [-0.4, -0.2) is 46.9 Å². The minimum absolute atomic E-state index is 0.136. The second-order valence-corrected chi connectivity index (χ2v) is 6.93. The van der Waals surface area contributed by atoms with Gasteiger partial charge in [0, 0.05) is 49.9 Å². The molecule has 0 bridgehead atoms. The molecule has 4 rings (SSSR count). The molecule has 0 atom stereocenters. The Bertz CT molecular complexity index is 907. The number of piperazine rings is 1. The van der Waals surface area contributed by atoms with Crippen molar-refractivity contribution in [3.63, 3.8) is 0 Å². The molecular formula is C22H23N3O. The van der Waals surface area contributed by atoms with Gasteiger partial charge in [-0.3, -0.25) is 14.7 Å². The minimum Gasteiger partial charge on any atom is -0.336 e. The Balaban J connectivity index is 1.40. The van der Waals surface area contributed by atoms with Crippen LogP contribution in [0, 0.1) is 6.92 Å². The zero-order valence-corrected chi connectivity index (χ0v) is 15.1. The highest BCUT2D eigenvalue weighted by Crippen LogP contribution is 2.19. The third-order valence-electron chi connectivity index (χ3n) is 5.07. The maximum Gasteiger partial charge on any atom is 0.253 e. The van der Waals surface area contributed by atoms with Gasteiger partial charge in [-0.2, -0.15) is 0 Å². The highest BCUT2D eigenvalue weighted by molar-refractivity contribution is 5.94. The summed E-state index contributed by atoms with van der Waals surface area (Å²) in [6.45, 7) is 6.23. The van der Waals surface area contributed by atoms with Crippen molar-refractivity contribution >= 4 is 16.8 Å². The molecule has 2 heterocycles. The first kappa shape index (κ1) is 16.7. The molecule has 1 amide bonds. The van der Waals surface area contributed by atoms with Crippen LogP contribution < -0.4 is 0 Å². The number of pyridine rings is 1. The molecule has 0 saturated carbocycles. The Morgan fingerprint density at radius 2 is 1.69 bits per heavy atom. The Kier molecular flexibility index (Phi) is 4.67. The van der Waals surface area contributed by atoms with Crippen LogP contribution in [0.5, 0.6) is 0 Å². The number of rotatable bonds is 3. The first-order valence-corrected chi connectivity index (χ1v) is 9.11. The lowest BCUT2D eigenvalue weighted by atomic mass is 10.1. The standard InChI is InChI=1S/C22H23N3O/c1-17-7-9-19(10-8-17)22(26)25-14-12-24(13-15-25)16-20-5-2-4-18-6-3-11-23-21(18)20/h2-11H,12-16H2,1H3. The molecule has 26 heavy (non-hydrogen) atoms. The number of aryl methyl sites for hydroxylation is 1. The second-order valence-electron chi connectivity index (χ2n) is 6.93. The Morgan fingerprint density at radius 3 is 2.46 bits per heavy atom. The van der Waals surface area contributed by atoms with Gasteiger partial charge >= 0.3 is 0 Å². The first-order valence-electron chi connectivity index (χ1n) is 9.11. The van der Waals surface area contributed by atoms with E-state index in [2.05, 4.69) is 34.1 Å². The molecule has 2 aromatic carbocycles. The molecule has 4 heteroatoms. The number of fused-ring (bicyclic) bond motifs is 1. The van der Waals surface area contributed by atoms with Gasteiger partial charge in [0.25, 0.3) is 5.91 Å². The monoisotopic (exact) mass is 345 g/mol. The van der Waals surface area contributed by atoms with Crippen LogP contribution >= 0.6 is 0 Å². The maximum atomic E-state index is 12.6. The molecule has 4 nitrogen and oxygen atoms in total. The third-order valence-corrected chi connectivity index (χ3v) is 5.07. The van der Waals surface area contributed by atoms with Gasteiger partial charge in [-0.15, -0.1) is 0 Å². The van der Waals surface area contributed by atoms with E-state index in [0.717, 1.165) is 43.8 Å². The summed E-state index contributed by atoms with van der Waals surface area (Å²) >= 11 is 0. The van der Waals surface area contributed by atoms with Crippen molar-refractivity contribution in [3.8, 4) is 0 Å². The minimum atomic E-state index is 0.136. The second kappa shape index (κ2) is 7.26. The fraction of sp³-hybridized carbons (Fsp3) is 0.273. The molecule has 1 saturated heterocycles. The maximum absolute atomic E-state index is 12.6. The molecule has 1 fully saturated rings. The number of hydrogen-bond donors (Lipinski definition) is 0. The number of nitrogens with zero attached hydrogens (tertiary/aromatic N) is 3. The van der Waals surface area contributed by atoms with E-state index in [4.69, 9.17) is 0 Å². The van der Waals surface area contributed by atoms with E-state index in [1.807, 2.05) is 48.4 Å². The van der Waals surface area contributed by atoms with Crippen molar-refractivity contribution in [1.29, 1.82) is 0 Å². The van der Waals surface area contributed by atoms with E-state index in [-0.39, 0.29) is 5.91 Å². The number of hydrogen-bond acceptors (Lipinski definition) is 3. The number of amides is 1. The molecule has 1 aliphatic heterocycles. The Morgan fingerprint density at radius 1 is 0.962 bits per heavy atom. The predicted molar refractivity (Wildman–Crippen MR) is 104 cm³/mol. The number of carbonyl (C=O) groups excluding carboxylic acids is 1. The smallest absolute Gasteiger partial charge is 0.253 e. The van der Waals surface area contributed by atoms with Gasteiger partial charge in [-0.25, -0.2) is 0 Å². The lowest BCUT2D eigenvalue weighted by Gasteiger charge is -2.35. The molecule has 0 spiro atoms. The fourth-order valence-corrected chi connectivity index (χ4v) is 3.52. The Labute approximate surface area is 154 Å². The van der Waals surface area contributed by atoms with Crippen LogP contribution in [0.4, 0.5) is 0 Å². The average Bonchev–Trinajstić information content (AvgIpc) is 2.69. The molecule has 132 valence electrons. The molecule has 0 aliphatic carbocycles. The summed E-state index contributed by atoms with van der Waals surface area (Å²) in [4.78, 5) is 21.6. The van der Waals surface area contributed by atoms with E-state index in [1.165, 1.54) is 16.5 Å². The first-order chi connectivity index (χ1) is 12.7. The lowest BCUT2D eigenvalue weighted by molar-refractivity contribution is 0.0629. The van der Waals surface area contributed by atoms with Crippen molar-refractivity contribution in [3.05, 3.63) is 77.5 Å². The number of carbonyl (C=O) groups is 1. The van der Waals surface area contributed by atoms with Gasteiger partial charge in [-0.05, 0) is 30.7 Å². The molecule has 0 N–H and O–H groups in total. The third kappa shape index (κ3) is 3.46. The van der Waals surface area contributed by atoms with Crippen LogP contribution in [0.1, 0.15) is 21.5 Å². The van der Waals surface area contributed by atoms with Crippen molar-refractivity contribution in [2.45, 2.75) is 13.5 Å². The van der Waals surface area contributed by atoms with Crippen LogP contribution in [0.2, 0.25) is 0 Å². The quantitative estimate of drug-likeness (QED) is 0.729. The highest BCUT2D eigenvalue weighted by Gasteiger charge is 2.22. The molecular weight excluding hydrogens is 322 g/mol. The Hall–Kier alpha value is -2.72. The topological polar surface area (TPSA) is 36.4 Å². The van der Waals surface area contributed by atoms with E-state index in [1.54, 1.807) is 0 Å². The van der Waals surface area contributed by atoms with Gasteiger partial charge in [0.15, 0.2) is 0 Å². The largest absolute Gasteiger partial charge is 0.336 e. The van der Waals surface area contributed by atoms with Crippen LogP contribution in [0.15, 0.2) is 60.8 Å². The summed E-state index contributed by atoms with van der Waals surface area (Å²) < 4.78 is 0. The van der Waals surface area contributed by atoms with Gasteiger partial charge in [0.1, 0.15) is 0 Å². The van der Waals surface area contributed by atoms with Crippen molar-refractivity contribution in [2.24, 2.45) is 0 Å². The summed E-state index contributed by atoms with van der Waals surface area (Å²) in [5, 5.41) is 1.18. The van der Waals surface area contributed by atoms with Crippen LogP contribution in [0.3, 0.4) is 0 Å². The van der Waals surface area contributed by atoms with E-state index >= 15 is 0 Å². The van der Waals surface area contributed by atoms with E-state index in [0.29, 0.717) is 0 Å². The molecule has 1 aliphatic rings. The molecule has 3 aromatic rings. The number of para-hydroxylation sites is 1. The summed E-state index contributed by atoms with van der Waals surface area (Å²) in [6, 6.07) is 18.3. The fourth-order valence-electron chi connectivity index (χ4n) is 3.52. The van der Waals surface area contributed by atoms with Gasteiger partial charge in [-0.1, -0.05) is 42.0 Å². The van der Waals surface area contributed by atoms with E-state index < -0.39 is 0 Å². The summed E-state index contributed by atoms with van der Waals surface area (Å²) in [5.74, 6) is 0.136. The SMILES string of the molecule is Cc1ccc(C(=O)N2CCN(Cc3cccc4cccnc34)CC2)cc1. The summed E-state index contributed by atoms with van der Waals surface area (Å²) in [6.07, 6.45) is 1.85. The van der Waals surface area contributed by atoms with Crippen molar-refractivity contribution < 1.29 is 4.79 Å². The summed E-state index contributed by atoms with van der Waals surface area (Å²) in [7, 11) is 0. The lowest BCUT2D eigenvalue weighted by Crippen LogP contribution is -2.48. The van der Waals surface area contributed by atoms with Gasteiger partial charge in [0.05, 0.1) is 5.52 Å². The van der Waals surface area contributed by atoms with Crippen molar-refractivity contribution in [1.82, 2.24) is 14.8 Å². The highest BCUT2D eigenvalue weighted by atomic mass is 16.2. The molecule has 0 radical (unpaired) electrons. The number of benzene rings is 2. The number of aromatic nitrogens is 1. The van der Waals surface area contributed by atoms with Crippen LogP contribution in [0.25, 0.3) is 10.9 Å². The average molecular weight is 345 g/mol. The van der Waals surface area contributed by atoms with Gasteiger partial charge < -0.3 is 4.90 Å². The van der Waals surface area contributed by atoms with Crippen molar-refractivity contribution in [2.75, 3.05) is 26.2 Å². The van der Waals surface area contributed by atoms with Crippen LogP contribution in [-0.2, 0) is 6.54 Å².